The largest absolute Gasteiger partial charge is 0.444 e. The number of amides is 1. The van der Waals surface area contributed by atoms with E-state index in [-0.39, 0.29) is 12.4 Å². The van der Waals surface area contributed by atoms with Crippen molar-refractivity contribution in [3.8, 4) is 0 Å². The zero-order valence-corrected chi connectivity index (χ0v) is 12.1. The number of ether oxygens (including phenoxy) is 1. The summed E-state index contributed by atoms with van der Waals surface area (Å²) in [4.78, 5) is 13.5. The fourth-order valence-corrected chi connectivity index (χ4v) is 2.35. The van der Waals surface area contributed by atoms with Crippen LogP contribution in [0.4, 0.5) is 9.18 Å². The maximum absolute atomic E-state index is 13.8. The Morgan fingerprint density at radius 2 is 2.05 bits per heavy atom. The van der Waals surface area contributed by atoms with Gasteiger partial charge in [0, 0.05) is 17.1 Å². The van der Waals surface area contributed by atoms with Crippen LogP contribution in [0.5, 0.6) is 0 Å². The molecule has 1 aromatic carbocycles. The molecule has 0 radical (unpaired) electrons. The predicted octanol–water partition coefficient (Wildman–Crippen LogP) is 3.77. The minimum Gasteiger partial charge on any atom is -0.444 e. The SMILES string of the molecule is CC(C)(C)OC(=O)N1CCc2c(Cl)ccc(F)c2C1. The maximum atomic E-state index is 13.8. The van der Waals surface area contributed by atoms with Gasteiger partial charge in [-0.15, -0.1) is 0 Å². The lowest BCUT2D eigenvalue weighted by molar-refractivity contribution is 0.0222. The highest BCUT2D eigenvalue weighted by Gasteiger charge is 2.28. The van der Waals surface area contributed by atoms with E-state index >= 15 is 0 Å². The third kappa shape index (κ3) is 3.18. The Hall–Kier alpha value is -1.29. The Bertz CT molecular complexity index is 511. The van der Waals surface area contributed by atoms with Crippen molar-refractivity contribution in [3.63, 3.8) is 0 Å². The summed E-state index contributed by atoms with van der Waals surface area (Å²) < 4.78 is 19.1. The van der Waals surface area contributed by atoms with Gasteiger partial charge in [0.1, 0.15) is 11.4 Å². The van der Waals surface area contributed by atoms with Crippen LogP contribution >= 0.6 is 11.6 Å². The number of rotatable bonds is 0. The van der Waals surface area contributed by atoms with Crippen molar-refractivity contribution in [2.75, 3.05) is 6.54 Å². The fourth-order valence-electron chi connectivity index (χ4n) is 2.08. The van der Waals surface area contributed by atoms with E-state index in [0.29, 0.717) is 23.6 Å². The first-order valence-corrected chi connectivity index (χ1v) is 6.59. The van der Waals surface area contributed by atoms with Gasteiger partial charge < -0.3 is 9.64 Å². The molecule has 0 bridgehead atoms. The van der Waals surface area contributed by atoms with Crippen LogP contribution in [-0.4, -0.2) is 23.1 Å². The number of nitrogens with zero attached hydrogens (tertiary/aromatic N) is 1. The van der Waals surface area contributed by atoms with Gasteiger partial charge in [-0.05, 0) is 44.9 Å². The molecule has 1 aliphatic heterocycles. The van der Waals surface area contributed by atoms with Crippen LogP contribution in [0.3, 0.4) is 0 Å². The Labute approximate surface area is 117 Å². The first-order chi connectivity index (χ1) is 8.78. The summed E-state index contributed by atoms with van der Waals surface area (Å²) in [5.41, 5.74) is 0.732. The summed E-state index contributed by atoms with van der Waals surface area (Å²) in [6.45, 7) is 6.11. The first-order valence-electron chi connectivity index (χ1n) is 6.21. The minimum atomic E-state index is -0.551. The third-order valence-electron chi connectivity index (χ3n) is 2.95. The van der Waals surface area contributed by atoms with Crippen LogP contribution in [0.25, 0.3) is 0 Å². The average Bonchev–Trinajstić information content (AvgIpc) is 2.31. The van der Waals surface area contributed by atoms with Gasteiger partial charge in [-0.1, -0.05) is 11.6 Å². The third-order valence-corrected chi connectivity index (χ3v) is 3.30. The van der Waals surface area contributed by atoms with E-state index in [1.807, 2.05) is 0 Å². The number of carbonyl (C=O) groups excluding carboxylic acids is 1. The van der Waals surface area contributed by atoms with Gasteiger partial charge in [0.25, 0.3) is 0 Å². The molecule has 0 aromatic heterocycles. The lowest BCUT2D eigenvalue weighted by atomic mass is 9.99. The molecule has 0 spiro atoms. The Balaban J connectivity index is 2.18. The number of hydrogen-bond acceptors (Lipinski definition) is 2. The van der Waals surface area contributed by atoms with Crippen LogP contribution in [0, 0.1) is 5.82 Å². The van der Waals surface area contributed by atoms with Gasteiger partial charge in [-0.25, -0.2) is 9.18 Å². The van der Waals surface area contributed by atoms with E-state index in [4.69, 9.17) is 16.3 Å². The molecule has 1 aliphatic rings. The lowest BCUT2D eigenvalue weighted by Crippen LogP contribution is -2.40. The summed E-state index contributed by atoms with van der Waals surface area (Å²) in [5, 5.41) is 0.556. The van der Waals surface area contributed by atoms with Gasteiger partial charge in [0.2, 0.25) is 0 Å². The Morgan fingerprint density at radius 3 is 2.68 bits per heavy atom. The van der Waals surface area contributed by atoms with E-state index in [1.165, 1.54) is 11.0 Å². The van der Waals surface area contributed by atoms with Crippen molar-refractivity contribution >= 4 is 17.7 Å². The number of fused-ring (bicyclic) bond motifs is 1. The molecule has 0 aliphatic carbocycles. The van der Waals surface area contributed by atoms with Gasteiger partial charge in [-0.2, -0.15) is 0 Å². The maximum Gasteiger partial charge on any atom is 0.410 e. The van der Waals surface area contributed by atoms with Crippen molar-refractivity contribution in [2.24, 2.45) is 0 Å². The van der Waals surface area contributed by atoms with Crippen molar-refractivity contribution in [2.45, 2.75) is 39.3 Å². The van der Waals surface area contributed by atoms with E-state index in [1.54, 1.807) is 26.8 Å². The van der Waals surface area contributed by atoms with E-state index in [9.17, 15) is 9.18 Å². The predicted molar refractivity (Wildman–Crippen MR) is 71.8 cm³/mol. The summed E-state index contributed by atoms with van der Waals surface area (Å²) in [6.07, 6.45) is 0.128. The van der Waals surface area contributed by atoms with Gasteiger partial charge >= 0.3 is 6.09 Å². The van der Waals surface area contributed by atoms with Crippen LogP contribution in [-0.2, 0) is 17.7 Å². The fraction of sp³-hybridized carbons (Fsp3) is 0.500. The molecule has 19 heavy (non-hydrogen) atoms. The summed E-state index contributed by atoms with van der Waals surface area (Å²) in [6, 6.07) is 2.89. The number of halogens is 2. The number of benzene rings is 1. The number of carbonyl (C=O) groups is 1. The summed E-state index contributed by atoms with van der Waals surface area (Å²) >= 11 is 6.05. The molecule has 5 heteroatoms. The molecule has 0 saturated heterocycles. The van der Waals surface area contributed by atoms with Crippen molar-refractivity contribution in [1.29, 1.82) is 0 Å². The molecule has 1 heterocycles. The van der Waals surface area contributed by atoms with E-state index < -0.39 is 11.7 Å². The minimum absolute atomic E-state index is 0.205. The van der Waals surface area contributed by atoms with Crippen LogP contribution in [0.2, 0.25) is 5.02 Å². The Kier molecular flexibility index (Phi) is 3.72. The molecule has 3 nitrogen and oxygen atoms in total. The zero-order valence-electron chi connectivity index (χ0n) is 11.3. The van der Waals surface area contributed by atoms with Gasteiger partial charge in [0.05, 0.1) is 6.54 Å². The average molecular weight is 286 g/mol. The quantitative estimate of drug-likeness (QED) is 0.726. The van der Waals surface area contributed by atoms with Gasteiger partial charge in [0.15, 0.2) is 0 Å². The highest BCUT2D eigenvalue weighted by molar-refractivity contribution is 6.31. The van der Waals surface area contributed by atoms with Crippen molar-refractivity contribution in [1.82, 2.24) is 4.90 Å². The molecule has 0 unspecified atom stereocenters. The molecule has 1 aromatic rings. The smallest absolute Gasteiger partial charge is 0.410 e. The second-order valence-corrected chi connectivity index (χ2v) is 6.05. The van der Waals surface area contributed by atoms with E-state index in [0.717, 1.165) is 5.56 Å². The number of hydrogen-bond donors (Lipinski definition) is 0. The topological polar surface area (TPSA) is 29.5 Å². The first kappa shape index (κ1) is 14.1. The van der Waals surface area contributed by atoms with E-state index in [2.05, 4.69) is 0 Å². The zero-order chi connectivity index (χ0) is 14.2. The highest BCUT2D eigenvalue weighted by Crippen LogP contribution is 2.29. The summed E-state index contributed by atoms with van der Waals surface area (Å²) in [5.74, 6) is -0.326. The van der Waals surface area contributed by atoms with Gasteiger partial charge in [-0.3, -0.25) is 0 Å². The van der Waals surface area contributed by atoms with Crippen molar-refractivity contribution < 1.29 is 13.9 Å². The molecule has 1 amide bonds. The molecule has 0 saturated carbocycles. The summed E-state index contributed by atoms with van der Waals surface area (Å²) in [7, 11) is 0. The Morgan fingerprint density at radius 1 is 1.37 bits per heavy atom. The molecular formula is C14H17ClFNO2. The molecule has 0 N–H and O–H groups in total. The lowest BCUT2D eigenvalue weighted by Gasteiger charge is -2.31. The normalized spacial score (nSPS) is 15.1. The van der Waals surface area contributed by atoms with Crippen LogP contribution in [0.15, 0.2) is 12.1 Å². The molecule has 2 rings (SSSR count). The molecular weight excluding hydrogens is 269 g/mol. The van der Waals surface area contributed by atoms with Crippen LogP contribution < -0.4 is 0 Å². The second kappa shape index (κ2) is 5.00. The monoisotopic (exact) mass is 285 g/mol. The molecule has 0 atom stereocenters. The molecule has 104 valence electrons. The van der Waals surface area contributed by atoms with Crippen LogP contribution in [0.1, 0.15) is 31.9 Å². The highest BCUT2D eigenvalue weighted by atomic mass is 35.5. The standard InChI is InChI=1S/C14H17ClFNO2/c1-14(2,3)19-13(18)17-7-6-9-10(8-17)12(16)5-4-11(9)15/h4-5H,6-8H2,1-3H3. The second-order valence-electron chi connectivity index (χ2n) is 5.64. The molecule has 0 fully saturated rings. The van der Waals surface area contributed by atoms with Crippen molar-refractivity contribution in [3.05, 3.63) is 34.1 Å².